The van der Waals surface area contributed by atoms with Gasteiger partial charge < -0.3 is 9.84 Å². The van der Waals surface area contributed by atoms with Gasteiger partial charge in [-0.3, -0.25) is 0 Å². The van der Waals surface area contributed by atoms with Gasteiger partial charge in [0.25, 0.3) is 5.89 Å². The van der Waals surface area contributed by atoms with Gasteiger partial charge in [-0.05, 0) is 48.4 Å². The highest BCUT2D eigenvalue weighted by Gasteiger charge is 2.07. The van der Waals surface area contributed by atoms with E-state index in [0.29, 0.717) is 11.5 Å². The summed E-state index contributed by atoms with van der Waals surface area (Å²) in [5.41, 5.74) is 4.07. The molecule has 126 valence electrons. The van der Waals surface area contributed by atoms with Gasteiger partial charge in [-0.15, -0.1) is 0 Å². The first-order valence-corrected chi connectivity index (χ1v) is 8.40. The zero-order valence-electron chi connectivity index (χ0n) is 14.2. The topological polar surface area (TPSA) is 74.7 Å². The van der Waals surface area contributed by atoms with E-state index < -0.39 is 0 Å². The second kappa shape index (κ2) is 8.22. The molecule has 0 bridgehead atoms. The van der Waals surface area contributed by atoms with Crippen LogP contribution in [0.15, 0.2) is 53.1 Å². The quantitative estimate of drug-likeness (QED) is 0.670. The largest absolute Gasteiger partial charge is 0.334 e. The molecule has 1 heterocycles. The van der Waals surface area contributed by atoms with E-state index in [0.717, 1.165) is 37.3 Å². The van der Waals surface area contributed by atoms with E-state index in [1.54, 1.807) is 0 Å². The van der Waals surface area contributed by atoms with Crippen molar-refractivity contribution >= 4 is 0 Å². The fourth-order valence-corrected chi connectivity index (χ4v) is 2.49. The van der Waals surface area contributed by atoms with E-state index in [4.69, 9.17) is 9.78 Å². The Kier molecular flexibility index (Phi) is 5.55. The molecule has 0 aliphatic carbocycles. The third kappa shape index (κ3) is 4.52. The van der Waals surface area contributed by atoms with E-state index in [1.165, 1.54) is 11.1 Å². The van der Waals surface area contributed by atoms with Crippen molar-refractivity contribution in [3.63, 3.8) is 0 Å². The smallest absolute Gasteiger partial charge is 0.257 e. The van der Waals surface area contributed by atoms with Crippen LogP contribution in [0.2, 0.25) is 0 Å². The number of aromatic nitrogens is 2. The number of benzene rings is 2. The minimum atomic E-state index is 0.572. The number of hydrogen-bond acceptors (Lipinski definition) is 5. The number of rotatable bonds is 7. The molecule has 3 rings (SSSR count). The van der Waals surface area contributed by atoms with Crippen molar-refractivity contribution in [1.82, 2.24) is 15.5 Å². The Hall–Kier alpha value is -2.97. The van der Waals surface area contributed by atoms with E-state index in [1.807, 2.05) is 43.3 Å². The lowest BCUT2D eigenvalue weighted by Crippen LogP contribution is -2.16. The first kappa shape index (κ1) is 16.9. The Bertz CT molecular complexity index is 845. The molecule has 0 fully saturated rings. The van der Waals surface area contributed by atoms with Gasteiger partial charge in [0.05, 0.1) is 11.6 Å². The van der Waals surface area contributed by atoms with Gasteiger partial charge in [0.15, 0.2) is 5.82 Å². The summed E-state index contributed by atoms with van der Waals surface area (Å²) < 4.78 is 5.25. The molecule has 0 aliphatic heterocycles. The van der Waals surface area contributed by atoms with Gasteiger partial charge in [-0.25, -0.2) is 0 Å². The van der Waals surface area contributed by atoms with Crippen LogP contribution in [-0.4, -0.2) is 16.7 Å². The number of nitriles is 1. The van der Waals surface area contributed by atoms with Crippen LogP contribution in [0.1, 0.15) is 29.4 Å². The average Bonchev–Trinajstić information content (AvgIpc) is 3.15. The van der Waals surface area contributed by atoms with Crippen LogP contribution in [0.4, 0.5) is 0 Å². The van der Waals surface area contributed by atoms with E-state index in [-0.39, 0.29) is 0 Å². The van der Waals surface area contributed by atoms with Crippen LogP contribution in [0, 0.1) is 11.3 Å². The second-order valence-corrected chi connectivity index (χ2v) is 5.80. The fraction of sp³-hybridized carbons (Fsp3) is 0.250. The van der Waals surface area contributed by atoms with Crippen molar-refractivity contribution in [2.24, 2.45) is 0 Å². The Balaban J connectivity index is 1.47. The molecule has 3 aromatic rings. The first-order chi connectivity index (χ1) is 12.3. The molecule has 5 nitrogen and oxygen atoms in total. The highest BCUT2D eigenvalue weighted by molar-refractivity contribution is 5.53. The van der Waals surface area contributed by atoms with E-state index in [9.17, 15) is 0 Å². The van der Waals surface area contributed by atoms with Crippen molar-refractivity contribution in [3.8, 4) is 17.5 Å². The summed E-state index contributed by atoms with van der Waals surface area (Å²) >= 11 is 0. The third-order valence-corrected chi connectivity index (χ3v) is 3.99. The van der Waals surface area contributed by atoms with E-state index in [2.05, 4.69) is 33.7 Å². The van der Waals surface area contributed by atoms with Crippen molar-refractivity contribution in [2.45, 2.75) is 26.3 Å². The number of aryl methyl sites for hydroxylation is 1. The minimum Gasteiger partial charge on any atom is -0.334 e. The molecule has 0 atom stereocenters. The van der Waals surface area contributed by atoms with Crippen LogP contribution in [0.25, 0.3) is 11.5 Å². The molecule has 25 heavy (non-hydrogen) atoms. The van der Waals surface area contributed by atoms with Crippen molar-refractivity contribution in [3.05, 3.63) is 71.0 Å². The second-order valence-electron chi connectivity index (χ2n) is 5.80. The summed E-state index contributed by atoms with van der Waals surface area (Å²) in [6.07, 6.45) is 1.72. The predicted octanol–water partition coefficient (Wildman–Crippen LogP) is 3.50. The molecule has 0 amide bonds. The maximum absolute atomic E-state index is 8.80. The van der Waals surface area contributed by atoms with Gasteiger partial charge in [-0.2, -0.15) is 10.2 Å². The monoisotopic (exact) mass is 332 g/mol. The standard InChI is InChI=1S/C20H20N4O/c1-2-19-23-20(25-24-19)18-9-7-15(8-10-18)11-12-22-14-17-5-3-16(13-21)4-6-17/h3-10,22H,2,11-12,14H2,1H3. The molecule has 0 saturated carbocycles. The summed E-state index contributed by atoms with van der Waals surface area (Å²) in [7, 11) is 0. The van der Waals surface area contributed by atoms with Gasteiger partial charge in [0, 0.05) is 18.5 Å². The average molecular weight is 332 g/mol. The van der Waals surface area contributed by atoms with Crippen LogP contribution in [0.5, 0.6) is 0 Å². The summed E-state index contributed by atoms with van der Waals surface area (Å²) in [6, 6.07) is 18.0. The highest BCUT2D eigenvalue weighted by atomic mass is 16.5. The molecule has 0 radical (unpaired) electrons. The van der Waals surface area contributed by atoms with Crippen LogP contribution < -0.4 is 5.32 Å². The lowest BCUT2D eigenvalue weighted by molar-refractivity contribution is 0.423. The lowest BCUT2D eigenvalue weighted by Gasteiger charge is -2.06. The number of nitrogens with zero attached hydrogens (tertiary/aromatic N) is 3. The SMILES string of the molecule is CCc1noc(-c2ccc(CCNCc3ccc(C#N)cc3)cc2)n1. The molecule has 0 spiro atoms. The molecular weight excluding hydrogens is 312 g/mol. The van der Waals surface area contributed by atoms with E-state index >= 15 is 0 Å². The van der Waals surface area contributed by atoms with Gasteiger partial charge in [-0.1, -0.05) is 36.3 Å². The minimum absolute atomic E-state index is 0.572. The summed E-state index contributed by atoms with van der Waals surface area (Å²) in [6.45, 7) is 3.69. The number of nitrogens with one attached hydrogen (secondary N) is 1. The summed E-state index contributed by atoms with van der Waals surface area (Å²) in [5, 5.41) is 16.1. The maximum atomic E-state index is 8.80. The van der Waals surface area contributed by atoms with Crippen molar-refractivity contribution < 1.29 is 4.52 Å². The first-order valence-electron chi connectivity index (χ1n) is 8.40. The molecule has 0 aliphatic rings. The molecule has 0 unspecified atom stereocenters. The Morgan fingerprint density at radius 1 is 1.04 bits per heavy atom. The molecule has 5 heteroatoms. The Morgan fingerprint density at radius 2 is 1.76 bits per heavy atom. The van der Waals surface area contributed by atoms with Gasteiger partial charge >= 0.3 is 0 Å². The molecule has 1 aromatic heterocycles. The molecule has 2 aromatic carbocycles. The third-order valence-electron chi connectivity index (χ3n) is 3.99. The molecule has 1 N–H and O–H groups in total. The van der Waals surface area contributed by atoms with Crippen molar-refractivity contribution in [2.75, 3.05) is 6.54 Å². The van der Waals surface area contributed by atoms with Crippen LogP contribution in [-0.2, 0) is 19.4 Å². The fourth-order valence-electron chi connectivity index (χ4n) is 2.49. The van der Waals surface area contributed by atoms with Gasteiger partial charge in [0.2, 0.25) is 0 Å². The molecule has 0 saturated heterocycles. The maximum Gasteiger partial charge on any atom is 0.257 e. The Labute approximate surface area is 147 Å². The summed E-state index contributed by atoms with van der Waals surface area (Å²) in [5.74, 6) is 1.30. The van der Waals surface area contributed by atoms with Crippen molar-refractivity contribution in [1.29, 1.82) is 5.26 Å². The van der Waals surface area contributed by atoms with Crippen LogP contribution in [0.3, 0.4) is 0 Å². The zero-order valence-corrected chi connectivity index (χ0v) is 14.2. The highest BCUT2D eigenvalue weighted by Crippen LogP contribution is 2.18. The number of hydrogen-bond donors (Lipinski definition) is 1. The van der Waals surface area contributed by atoms with Gasteiger partial charge in [0.1, 0.15) is 0 Å². The van der Waals surface area contributed by atoms with Crippen LogP contribution >= 0.6 is 0 Å². The normalized spacial score (nSPS) is 10.6. The lowest BCUT2D eigenvalue weighted by atomic mass is 10.1. The predicted molar refractivity (Wildman–Crippen MR) is 95.7 cm³/mol. The molecular formula is C20H20N4O. The Morgan fingerprint density at radius 3 is 2.40 bits per heavy atom. The summed E-state index contributed by atoms with van der Waals surface area (Å²) in [4.78, 5) is 4.34. The zero-order chi connectivity index (χ0) is 17.5.